The van der Waals surface area contributed by atoms with Crippen LogP contribution in [-0.4, -0.2) is 24.1 Å². The zero-order chi connectivity index (χ0) is 12.7. The van der Waals surface area contributed by atoms with E-state index in [2.05, 4.69) is 65.6 Å². The smallest absolute Gasteiger partial charge is 0.0175 e. The van der Waals surface area contributed by atoms with E-state index in [4.69, 9.17) is 0 Å². The minimum Gasteiger partial charge on any atom is -0.310 e. The van der Waals surface area contributed by atoms with E-state index in [1.165, 1.54) is 17.7 Å². The van der Waals surface area contributed by atoms with Crippen molar-refractivity contribution in [1.82, 2.24) is 5.32 Å². The summed E-state index contributed by atoms with van der Waals surface area (Å²) in [6, 6.07) is 9.78. The van der Waals surface area contributed by atoms with Crippen molar-refractivity contribution in [2.24, 2.45) is 0 Å². The van der Waals surface area contributed by atoms with Gasteiger partial charge in [0.2, 0.25) is 0 Å². The van der Waals surface area contributed by atoms with Crippen molar-refractivity contribution in [1.29, 1.82) is 0 Å². The molecule has 0 bridgehead atoms. The monoisotopic (exact) mass is 315 g/mol. The van der Waals surface area contributed by atoms with Crippen LogP contribution < -0.4 is 5.32 Å². The van der Waals surface area contributed by atoms with Crippen LogP contribution in [0.4, 0.5) is 0 Å². The van der Waals surface area contributed by atoms with Gasteiger partial charge in [-0.15, -0.1) is 0 Å². The molecule has 0 aliphatic heterocycles. The Morgan fingerprint density at radius 1 is 1.29 bits per heavy atom. The summed E-state index contributed by atoms with van der Waals surface area (Å²) in [4.78, 5) is 0. The van der Waals surface area contributed by atoms with Crippen LogP contribution in [0.1, 0.15) is 25.8 Å². The molecule has 1 nitrogen and oxygen atoms in total. The minimum absolute atomic E-state index is 0.535. The predicted molar refractivity (Wildman–Crippen MR) is 82.9 cm³/mol. The summed E-state index contributed by atoms with van der Waals surface area (Å²) in [7, 11) is 0. The van der Waals surface area contributed by atoms with Crippen molar-refractivity contribution in [3.63, 3.8) is 0 Å². The van der Waals surface area contributed by atoms with Crippen LogP contribution in [0.3, 0.4) is 0 Å². The molecule has 0 saturated carbocycles. The molecule has 0 fully saturated rings. The molecular formula is C14H22BrNS. The minimum atomic E-state index is 0.535. The highest BCUT2D eigenvalue weighted by Gasteiger charge is 2.10. The van der Waals surface area contributed by atoms with Gasteiger partial charge in [-0.25, -0.2) is 0 Å². The van der Waals surface area contributed by atoms with Gasteiger partial charge < -0.3 is 5.32 Å². The van der Waals surface area contributed by atoms with Crippen molar-refractivity contribution in [3.05, 3.63) is 34.3 Å². The van der Waals surface area contributed by atoms with Gasteiger partial charge in [0.25, 0.3) is 0 Å². The Kier molecular flexibility index (Phi) is 7.24. The van der Waals surface area contributed by atoms with Crippen LogP contribution in [0, 0.1) is 0 Å². The van der Waals surface area contributed by atoms with Gasteiger partial charge in [-0.1, -0.05) is 35.0 Å². The molecule has 0 heterocycles. The first kappa shape index (κ1) is 15.1. The summed E-state index contributed by atoms with van der Waals surface area (Å²) in [5.74, 6) is 1.20. The highest BCUT2D eigenvalue weighted by atomic mass is 79.9. The fraction of sp³-hybridized carbons (Fsp3) is 0.571. The van der Waals surface area contributed by atoms with Crippen LogP contribution in [0.25, 0.3) is 0 Å². The van der Waals surface area contributed by atoms with Crippen molar-refractivity contribution < 1.29 is 0 Å². The number of hydrogen-bond donors (Lipinski definition) is 1. The van der Waals surface area contributed by atoms with Crippen LogP contribution in [0.15, 0.2) is 28.7 Å². The first-order chi connectivity index (χ1) is 8.15. The normalized spacial score (nSPS) is 14.6. The zero-order valence-corrected chi connectivity index (χ0v) is 13.3. The molecule has 17 heavy (non-hydrogen) atoms. The lowest BCUT2D eigenvalue weighted by molar-refractivity contribution is 0.460. The summed E-state index contributed by atoms with van der Waals surface area (Å²) < 4.78 is 1.15. The van der Waals surface area contributed by atoms with Crippen molar-refractivity contribution >= 4 is 27.7 Å². The van der Waals surface area contributed by atoms with E-state index >= 15 is 0 Å². The topological polar surface area (TPSA) is 12.0 Å². The summed E-state index contributed by atoms with van der Waals surface area (Å²) in [6.45, 7) is 4.52. The molecule has 2 unspecified atom stereocenters. The molecule has 0 spiro atoms. The molecule has 0 amide bonds. The lowest BCUT2D eigenvalue weighted by atomic mass is 10.1. The second-order valence-corrected chi connectivity index (χ2v) is 6.29. The Balaban J connectivity index is 2.42. The van der Waals surface area contributed by atoms with E-state index in [0.717, 1.165) is 10.9 Å². The molecule has 1 N–H and O–H groups in total. The maximum atomic E-state index is 3.70. The average molecular weight is 316 g/mol. The SMILES string of the molecule is CCC(CSC)NC(C)Cc1ccc(Br)cc1. The summed E-state index contributed by atoms with van der Waals surface area (Å²) >= 11 is 5.38. The van der Waals surface area contributed by atoms with Gasteiger partial charge in [-0.3, -0.25) is 0 Å². The highest BCUT2D eigenvalue weighted by Crippen LogP contribution is 2.12. The average Bonchev–Trinajstić information content (AvgIpc) is 2.31. The molecule has 0 aliphatic carbocycles. The maximum absolute atomic E-state index is 3.70. The van der Waals surface area contributed by atoms with Crippen molar-refractivity contribution in [3.8, 4) is 0 Å². The first-order valence-electron chi connectivity index (χ1n) is 6.15. The van der Waals surface area contributed by atoms with Gasteiger partial charge in [0.05, 0.1) is 0 Å². The van der Waals surface area contributed by atoms with E-state index in [1.54, 1.807) is 0 Å². The molecule has 0 radical (unpaired) electrons. The van der Waals surface area contributed by atoms with E-state index in [1.807, 2.05) is 11.8 Å². The fourth-order valence-corrected chi connectivity index (χ4v) is 2.92. The number of halogens is 1. The number of thioether (sulfide) groups is 1. The molecule has 1 aromatic carbocycles. The highest BCUT2D eigenvalue weighted by molar-refractivity contribution is 9.10. The first-order valence-corrected chi connectivity index (χ1v) is 8.33. The molecule has 3 heteroatoms. The third-order valence-electron chi connectivity index (χ3n) is 2.84. The second-order valence-electron chi connectivity index (χ2n) is 4.46. The van der Waals surface area contributed by atoms with Crippen LogP contribution in [0.2, 0.25) is 0 Å². The number of benzene rings is 1. The van der Waals surface area contributed by atoms with Gasteiger partial charge >= 0.3 is 0 Å². The lowest BCUT2D eigenvalue weighted by Gasteiger charge is -2.21. The summed E-state index contributed by atoms with van der Waals surface area (Å²) in [6.07, 6.45) is 4.47. The van der Waals surface area contributed by atoms with Crippen LogP contribution in [0.5, 0.6) is 0 Å². The van der Waals surface area contributed by atoms with Crippen LogP contribution >= 0.6 is 27.7 Å². The molecule has 0 aromatic heterocycles. The molecule has 96 valence electrons. The summed E-state index contributed by atoms with van der Waals surface area (Å²) in [5.41, 5.74) is 1.40. The van der Waals surface area contributed by atoms with Gasteiger partial charge in [0, 0.05) is 22.3 Å². The quantitative estimate of drug-likeness (QED) is 0.812. The molecule has 2 atom stereocenters. The Hall–Kier alpha value is 0.01000. The van der Waals surface area contributed by atoms with Gasteiger partial charge in [0.1, 0.15) is 0 Å². The van der Waals surface area contributed by atoms with Crippen molar-refractivity contribution in [2.75, 3.05) is 12.0 Å². The molecule has 0 aliphatic rings. The van der Waals surface area contributed by atoms with Crippen molar-refractivity contribution in [2.45, 2.75) is 38.8 Å². The van der Waals surface area contributed by atoms with E-state index in [9.17, 15) is 0 Å². The summed E-state index contributed by atoms with van der Waals surface area (Å²) in [5, 5.41) is 3.70. The number of rotatable bonds is 7. The maximum Gasteiger partial charge on any atom is 0.0175 e. The van der Waals surface area contributed by atoms with Gasteiger partial charge in [0.15, 0.2) is 0 Å². The zero-order valence-electron chi connectivity index (χ0n) is 10.9. The fourth-order valence-electron chi connectivity index (χ4n) is 1.92. The Morgan fingerprint density at radius 2 is 1.94 bits per heavy atom. The van der Waals surface area contributed by atoms with Gasteiger partial charge in [-0.05, 0) is 43.7 Å². The van der Waals surface area contributed by atoms with Gasteiger partial charge in [-0.2, -0.15) is 11.8 Å². The van der Waals surface area contributed by atoms with E-state index in [0.29, 0.717) is 12.1 Å². The third kappa shape index (κ3) is 5.94. The van der Waals surface area contributed by atoms with Crippen LogP contribution in [-0.2, 0) is 6.42 Å². The molecule has 0 saturated heterocycles. The molecular weight excluding hydrogens is 294 g/mol. The second kappa shape index (κ2) is 8.17. The molecule has 1 rings (SSSR count). The lowest BCUT2D eigenvalue weighted by Crippen LogP contribution is -2.38. The largest absolute Gasteiger partial charge is 0.310 e. The third-order valence-corrected chi connectivity index (χ3v) is 4.10. The molecule has 1 aromatic rings. The standard InChI is InChI=1S/C14H22BrNS/c1-4-14(10-17-3)16-11(2)9-12-5-7-13(15)8-6-12/h5-8,11,14,16H,4,9-10H2,1-3H3. The number of hydrogen-bond acceptors (Lipinski definition) is 2. The van der Waals surface area contributed by atoms with E-state index < -0.39 is 0 Å². The Morgan fingerprint density at radius 3 is 2.47 bits per heavy atom. The number of nitrogens with one attached hydrogen (secondary N) is 1. The Labute approximate surface area is 118 Å². The van der Waals surface area contributed by atoms with E-state index in [-0.39, 0.29) is 0 Å². The predicted octanol–water partition coefficient (Wildman–Crippen LogP) is 4.11. The Bertz CT molecular complexity index is 313.